The summed E-state index contributed by atoms with van der Waals surface area (Å²) in [4.78, 5) is 27.5. The van der Waals surface area contributed by atoms with E-state index in [1.807, 2.05) is 0 Å². The zero-order chi connectivity index (χ0) is 28.2. The van der Waals surface area contributed by atoms with Gasteiger partial charge in [-0.05, 0) is 42.5 Å². The van der Waals surface area contributed by atoms with Crippen molar-refractivity contribution in [2.24, 2.45) is 0 Å². The number of anilines is 2. The molecule has 0 radical (unpaired) electrons. The number of carbonyl (C=O) groups is 2. The quantitative estimate of drug-likeness (QED) is 0.438. The number of ether oxygens (including phenoxy) is 1. The van der Waals surface area contributed by atoms with Gasteiger partial charge in [0.05, 0.1) is 45.6 Å². The third kappa shape index (κ3) is 6.52. The van der Waals surface area contributed by atoms with Crippen LogP contribution in [0.5, 0.6) is 0 Å². The average Bonchev–Trinajstić information content (AvgIpc) is 2.92. The van der Waals surface area contributed by atoms with Gasteiger partial charge in [-0.25, -0.2) is 8.42 Å². The van der Waals surface area contributed by atoms with Crippen LogP contribution in [0.15, 0.2) is 77.7 Å². The topological polar surface area (TPSA) is 96.0 Å². The first kappa shape index (κ1) is 28.4. The van der Waals surface area contributed by atoms with Crippen molar-refractivity contribution >= 4 is 44.8 Å². The van der Waals surface area contributed by atoms with Gasteiger partial charge in [-0.1, -0.05) is 41.9 Å². The molecule has 8 nitrogen and oxygen atoms in total. The Morgan fingerprint density at radius 2 is 1.62 bits per heavy atom. The van der Waals surface area contributed by atoms with Crippen LogP contribution in [0.4, 0.5) is 24.5 Å². The van der Waals surface area contributed by atoms with Gasteiger partial charge < -0.3 is 15.0 Å². The van der Waals surface area contributed by atoms with Gasteiger partial charge in [0.1, 0.15) is 6.54 Å². The van der Waals surface area contributed by atoms with Crippen LogP contribution >= 0.6 is 11.6 Å². The zero-order valence-corrected chi connectivity index (χ0v) is 21.9. The molecule has 0 bridgehead atoms. The highest BCUT2D eigenvalue weighted by molar-refractivity contribution is 7.92. The highest BCUT2D eigenvalue weighted by Gasteiger charge is 2.34. The van der Waals surface area contributed by atoms with Gasteiger partial charge in [0, 0.05) is 13.1 Å². The van der Waals surface area contributed by atoms with E-state index in [-0.39, 0.29) is 27.1 Å². The predicted octanol–water partition coefficient (Wildman–Crippen LogP) is 4.67. The van der Waals surface area contributed by atoms with Crippen LogP contribution in [0, 0.1) is 0 Å². The number of para-hydroxylation sites is 1. The standard InChI is InChI=1S/C26H23ClF3N3O5S/c27-21-11-10-18(26(28,29)30)16-23(21)33(39(36,37)19-6-2-1-3-7-19)17-24(34)31-22-9-5-4-8-20(22)25(35)32-12-14-38-15-13-32/h1-11,16H,12-15,17H2,(H,31,34). The third-order valence-corrected chi connectivity index (χ3v) is 7.98. The maximum atomic E-state index is 13.5. The Bertz CT molecular complexity index is 1460. The lowest BCUT2D eigenvalue weighted by molar-refractivity contribution is -0.137. The van der Waals surface area contributed by atoms with Crippen LogP contribution in [0.25, 0.3) is 0 Å². The molecule has 3 aromatic carbocycles. The molecule has 0 atom stereocenters. The summed E-state index contributed by atoms with van der Waals surface area (Å²) in [5.74, 6) is -1.26. The summed E-state index contributed by atoms with van der Waals surface area (Å²) in [6.07, 6.45) is -4.79. The fraction of sp³-hybridized carbons (Fsp3) is 0.231. The molecule has 0 aliphatic carbocycles. The molecule has 4 rings (SSSR count). The lowest BCUT2D eigenvalue weighted by Crippen LogP contribution is -2.41. The number of amides is 2. The van der Waals surface area contributed by atoms with Crippen molar-refractivity contribution in [2.75, 3.05) is 42.5 Å². The summed E-state index contributed by atoms with van der Waals surface area (Å²) < 4.78 is 73.3. The molecule has 1 fully saturated rings. The maximum absolute atomic E-state index is 13.5. The van der Waals surface area contributed by atoms with Crippen molar-refractivity contribution in [2.45, 2.75) is 11.1 Å². The average molecular weight is 582 g/mol. The van der Waals surface area contributed by atoms with E-state index < -0.39 is 39.9 Å². The second kappa shape index (κ2) is 11.6. The van der Waals surface area contributed by atoms with E-state index in [0.29, 0.717) is 42.7 Å². The molecule has 0 saturated carbocycles. The molecule has 1 N–H and O–H groups in total. The summed E-state index contributed by atoms with van der Waals surface area (Å²) in [6.45, 7) is 0.531. The molecular weight excluding hydrogens is 559 g/mol. The summed E-state index contributed by atoms with van der Waals surface area (Å²) in [6, 6.07) is 15.3. The molecule has 0 aromatic heterocycles. The van der Waals surface area contributed by atoms with Crippen LogP contribution in [-0.4, -0.2) is 58.0 Å². The fourth-order valence-corrected chi connectivity index (χ4v) is 5.66. The number of hydrogen-bond acceptors (Lipinski definition) is 5. The van der Waals surface area contributed by atoms with Crippen LogP contribution < -0.4 is 9.62 Å². The highest BCUT2D eigenvalue weighted by atomic mass is 35.5. The van der Waals surface area contributed by atoms with Crippen LogP contribution in [0.1, 0.15) is 15.9 Å². The molecule has 0 unspecified atom stereocenters. The molecule has 39 heavy (non-hydrogen) atoms. The van der Waals surface area contributed by atoms with Crippen LogP contribution in [0.3, 0.4) is 0 Å². The number of benzene rings is 3. The number of carbonyl (C=O) groups excluding carboxylic acids is 2. The molecule has 1 saturated heterocycles. The number of rotatable bonds is 7. The number of halogens is 4. The summed E-state index contributed by atoms with van der Waals surface area (Å²) in [5.41, 5.74) is -1.38. The van der Waals surface area contributed by atoms with E-state index in [0.717, 1.165) is 6.07 Å². The van der Waals surface area contributed by atoms with E-state index in [1.165, 1.54) is 36.4 Å². The third-order valence-electron chi connectivity index (χ3n) is 5.89. The lowest BCUT2D eigenvalue weighted by atomic mass is 10.1. The first-order valence-corrected chi connectivity index (χ1v) is 13.5. The Labute approximate surface area is 228 Å². The minimum Gasteiger partial charge on any atom is -0.378 e. The van der Waals surface area contributed by atoms with E-state index in [9.17, 15) is 31.2 Å². The summed E-state index contributed by atoms with van der Waals surface area (Å²) in [5, 5.41) is 2.22. The number of sulfonamides is 1. The minimum absolute atomic E-state index is 0.117. The van der Waals surface area contributed by atoms with E-state index in [4.69, 9.17) is 16.3 Å². The second-order valence-electron chi connectivity index (χ2n) is 8.49. The molecule has 3 aromatic rings. The second-order valence-corrected chi connectivity index (χ2v) is 10.8. The maximum Gasteiger partial charge on any atom is 0.416 e. The largest absolute Gasteiger partial charge is 0.416 e. The summed E-state index contributed by atoms with van der Waals surface area (Å²) in [7, 11) is -4.54. The number of hydrogen-bond donors (Lipinski definition) is 1. The molecule has 13 heteroatoms. The van der Waals surface area contributed by atoms with Crippen LogP contribution in [-0.2, 0) is 25.7 Å². The fourth-order valence-electron chi connectivity index (χ4n) is 3.94. The molecule has 1 heterocycles. The predicted molar refractivity (Wildman–Crippen MR) is 139 cm³/mol. The highest BCUT2D eigenvalue weighted by Crippen LogP contribution is 2.37. The van der Waals surface area contributed by atoms with Gasteiger partial charge >= 0.3 is 6.18 Å². The molecule has 1 aliphatic heterocycles. The van der Waals surface area contributed by atoms with Gasteiger partial charge in [-0.15, -0.1) is 0 Å². The SMILES string of the molecule is O=C(CN(c1cc(C(F)(F)F)ccc1Cl)S(=O)(=O)c1ccccc1)Nc1ccccc1C(=O)N1CCOCC1. The lowest BCUT2D eigenvalue weighted by Gasteiger charge is -2.28. The Morgan fingerprint density at radius 3 is 2.28 bits per heavy atom. The Hall–Kier alpha value is -3.61. The number of alkyl halides is 3. The Balaban J connectivity index is 1.69. The van der Waals surface area contributed by atoms with E-state index in [2.05, 4.69) is 5.32 Å². The van der Waals surface area contributed by atoms with Crippen molar-refractivity contribution in [3.8, 4) is 0 Å². The number of morpholine rings is 1. The minimum atomic E-state index is -4.79. The molecule has 2 amide bonds. The van der Waals surface area contributed by atoms with Crippen molar-refractivity contribution in [3.63, 3.8) is 0 Å². The number of nitrogens with one attached hydrogen (secondary N) is 1. The van der Waals surface area contributed by atoms with Crippen molar-refractivity contribution in [1.29, 1.82) is 0 Å². The van der Waals surface area contributed by atoms with Crippen LogP contribution in [0.2, 0.25) is 5.02 Å². The smallest absolute Gasteiger partial charge is 0.378 e. The van der Waals surface area contributed by atoms with E-state index >= 15 is 0 Å². The Morgan fingerprint density at radius 1 is 0.974 bits per heavy atom. The van der Waals surface area contributed by atoms with E-state index in [1.54, 1.807) is 23.1 Å². The van der Waals surface area contributed by atoms with Gasteiger partial charge in [-0.2, -0.15) is 13.2 Å². The number of nitrogens with zero attached hydrogens (tertiary/aromatic N) is 2. The molecule has 1 aliphatic rings. The van der Waals surface area contributed by atoms with Gasteiger partial charge in [0.25, 0.3) is 15.9 Å². The monoisotopic (exact) mass is 581 g/mol. The van der Waals surface area contributed by atoms with Gasteiger partial charge in [0.2, 0.25) is 5.91 Å². The normalized spacial score (nSPS) is 14.1. The summed E-state index contributed by atoms with van der Waals surface area (Å²) >= 11 is 6.17. The van der Waals surface area contributed by atoms with Crippen molar-refractivity contribution < 1.29 is 35.9 Å². The van der Waals surface area contributed by atoms with Gasteiger partial charge in [0.15, 0.2) is 0 Å². The first-order chi connectivity index (χ1) is 18.5. The van der Waals surface area contributed by atoms with Crippen molar-refractivity contribution in [3.05, 3.63) is 88.9 Å². The zero-order valence-electron chi connectivity index (χ0n) is 20.3. The van der Waals surface area contributed by atoms with Crippen molar-refractivity contribution in [1.82, 2.24) is 4.90 Å². The molecule has 206 valence electrons. The first-order valence-electron chi connectivity index (χ1n) is 11.7. The molecule has 0 spiro atoms. The van der Waals surface area contributed by atoms with Gasteiger partial charge in [-0.3, -0.25) is 13.9 Å². The Kier molecular flexibility index (Phi) is 8.48. The molecular formula is C26H23ClF3N3O5S.